The van der Waals surface area contributed by atoms with E-state index in [0.29, 0.717) is 11.6 Å². The van der Waals surface area contributed by atoms with Crippen LogP contribution in [0.5, 0.6) is 5.75 Å². The van der Waals surface area contributed by atoms with Gasteiger partial charge in [-0.1, -0.05) is 54.1 Å². The largest absolute Gasteiger partial charge is 0.492 e. The number of hydrogen-bond acceptors (Lipinski definition) is 6. The fourth-order valence-electron chi connectivity index (χ4n) is 4.45. The number of ether oxygens (including phenoxy) is 1. The summed E-state index contributed by atoms with van der Waals surface area (Å²) in [7, 11) is 0. The SMILES string of the molecule is OC1CCN(CCCOc2cccc(-c3cccc(NN4Cc5ccccc5S4)c3)c2Cl)CC1. The fourth-order valence-corrected chi connectivity index (χ4v) is 5.72. The molecule has 2 aliphatic rings. The van der Waals surface area contributed by atoms with E-state index in [4.69, 9.17) is 16.3 Å². The van der Waals surface area contributed by atoms with E-state index in [1.807, 2.05) is 24.3 Å². The van der Waals surface area contributed by atoms with Gasteiger partial charge in [0.15, 0.2) is 0 Å². The number of benzene rings is 3. The van der Waals surface area contributed by atoms with Gasteiger partial charge in [0.25, 0.3) is 0 Å². The zero-order valence-electron chi connectivity index (χ0n) is 19.1. The number of nitrogens with zero attached hydrogens (tertiary/aromatic N) is 2. The molecule has 0 radical (unpaired) electrons. The Hall–Kier alpha value is -2.22. The molecule has 3 aromatic carbocycles. The van der Waals surface area contributed by atoms with E-state index in [9.17, 15) is 5.11 Å². The summed E-state index contributed by atoms with van der Waals surface area (Å²) in [6.45, 7) is 4.38. The molecule has 5 nitrogen and oxygen atoms in total. The molecule has 2 aliphatic heterocycles. The number of rotatable bonds is 8. The lowest BCUT2D eigenvalue weighted by Crippen LogP contribution is -2.36. The van der Waals surface area contributed by atoms with E-state index in [-0.39, 0.29) is 6.10 Å². The summed E-state index contributed by atoms with van der Waals surface area (Å²) in [5.74, 6) is 0.720. The number of aliphatic hydroxyl groups is 1. The Labute approximate surface area is 210 Å². The van der Waals surface area contributed by atoms with Crippen LogP contribution in [0.2, 0.25) is 5.02 Å². The van der Waals surface area contributed by atoms with E-state index in [2.05, 4.69) is 57.2 Å². The second kappa shape index (κ2) is 11.0. The first-order valence-electron chi connectivity index (χ1n) is 11.9. The topological polar surface area (TPSA) is 48.0 Å². The highest BCUT2D eigenvalue weighted by Crippen LogP contribution is 2.38. The minimum absolute atomic E-state index is 0.131. The number of hydrogen-bond donors (Lipinski definition) is 2. The Bertz CT molecular complexity index is 1100. The third-order valence-corrected chi connectivity index (χ3v) is 7.74. The second-order valence-electron chi connectivity index (χ2n) is 8.82. The molecule has 1 saturated heterocycles. The van der Waals surface area contributed by atoms with Gasteiger partial charge in [-0.25, -0.2) is 0 Å². The molecule has 2 heterocycles. The second-order valence-corrected chi connectivity index (χ2v) is 10.3. The molecule has 0 bridgehead atoms. The van der Waals surface area contributed by atoms with E-state index in [1.165, 1.54) is 10.5 Å². The molecule has 0 amide bonds. The molecule has 1 fully saturated rings. The van der Waals surface area contributed by atoms with Crippen molar-refractivity contribution in [1.82, 2.24) is 9.31 Å². The molecule has 0 atom stereocenters. The third kappa shape index (κ3) is 5.70. The van der Waals surface area contributed by atoms with Gasteiger partial charge in [0.05, 0.1) is 30.0 Å². The summed E-state index contributed by atoms with van der Waals surface area (Å²) in [4.78, 5) is 3.68. The Morgan fingerprint density at radius 3 is 2.71 bits per heavy atom. The molecule has 0 spiro atoms. The van der Waals surface area contributed by atoms with Crippen molar-refractivity contribution in [2.24, 2.45) is 0 Å². The summed E-state index contributed by atoms with van der Waals surface area (Å²) >= 11 is 8.49. The van der Waals surface area contributed by atoms with Crippen LogP contribution in [-0.4, -0.2) is 46.8 Å². The maximum Gasteiger partial charge on any atom is 0.138 e. The quantitative estimate of drug-likeness (QED) is 0.291. The standard InChI is InChI=1S/C27H30ClN3O2S/c28-27-24(9-4-10-25(27)33-17-5-14-30-15-12-23(32)13-16-30)20-7-3-8-22(18-20)29-31-19-21-6-1-2-11-26(21)34-31/h1-4,6-11,18,23,29,32H,5,12-17,19H2. The molecule has 34 heavy (non-hydrogen) atoms. The van der Waals surface area contributed by atoms with Crippen LogP contribution in [0.15, 0.2) is 71.6 Å². The monoisotopic (exact) mass is 495 g/mol. The van der Waals surface area contributed by atoms with Crippen LogP contribution >= 0.6 is 23.5 Å². The number of anilines is 1. The van der Waals surface area contributed by atoms with Gasteiger partial charge in [-0.05, 0) is 66.6 Å². The molecule has 0 aromatic heterocycles. The van der Waals surface area contributed by atoms with Crippen LogP contribution in [0.25, 0.3) is 11.1 Å². The lowest BCUT2D eigenvalue weighted by Gasteiger charge is -2.29. The van der Waals surface area contributed by atoms with Gasteiger partial charge in [0.2, 0.25) is 0 Å². The van der Waals surface area contributed by atoms with E-state index < -0.39 is 0 Å². The zero-order chi connectivity index (χ0) is 23.3. The maximum atomic E-state index is 9.65. The number of nitrogens with one attached hydrogen (secondary N) is 1. The zero-order valence-corrected chi connectivity index (χ0v) is 20.7. The molecule has 7 heteroatoms. The third-order valence-electron chi connectivity index (χ3n) is 6.32. The van der Waals surface area contributed by atoms with Gasteiger partial charge in [-0.15, -0.1) is 0 Å². The number of halogens is 1. The highest BCUT2D eigenvalue weighted by molar-refractivity contribution is 7.97. The number of hydrazine groups is 1. The van der Waals surface area contributed by atoms with Crippen LogP contribution in [0, 0.1) is 0 Å². The first kappa shape index (κ1) is 23.5. The summed E-state index contributed by atoms with van der Waals surface area (Å²) in [6.07, 6.45) is 2.54. The minimum Gasteiger partial charge on any atom is -0.492 e. The molecular formula is C27H30ClN3O2S. The van der Waals surface area contributed by atoms with Crippen molar-refractivity contribution in [1.29, 1.82) is 0 Å². The van der Waals surface area contributed by atoms with Crippen molar-refractivity contribution < 1.29 is 9.84 Å². The first-order chi connectivity index (χ1) is 16.7. The minimum atomic E-state index is -0.131. The normalized spacial score (nSPS) is 17.0. The van der Waals surface area contributed by atoms with Gasteiger partial charge in [0, 0.05) is 30.1 Å². The predicted molar refractivity (Wildman–Crippen MR) is 140 cm³/mol. The Morgan fingerprint density at radius 1 is 1.03 bits per heavy atom. The number of fused-ring (bicyclic) bond motifs is 1. The average Bonchev–Trinajstić information content (AvgIpc) is 3.26. The van der Waals surface area contributed by atoms with Crippen LogP contribution in [0.4, 0.5) is 5.69 Å². The smallest absolute Gasteiger partial charge is 0.138 e. The molecule has 5 rings (SSSR count). The average molecular weight is 496 g/mol. The van der Waals surface area contributed by atoms with Gasteiger partial charge in [-0.3, -0.25) is 0 Å². The Morgan fingerprint density at radius 2 is 1.85 bits per heavy atom. The summed E-state index contributed by atoms with van der Waals surface area (Å²) in [6, 6.07) is 22.8. The van der Waals surface area contributed by atoms with Gasteiger partial charge >= 0.3 is 0 Å². The highest BCUT2D eigenvalue weighted by atomic mass is 35.5. The Kier molecular flexibility index (Phi) is 7.62. The Balaban J connectivity index is 1.19. The molecular weight excluding hydrogens is 466 g/mol. The molecule has 2 N–H and O–H groups in total. The lowest BCUT2D eigenvalue weighted by atomic mass is 10.0. The van der Waals surface area contributed by atoms with E-state index >= 15 is 0 Å². The first-order valence-corrected chi connectivity index (χ1v) is 13.0. The van der Waals surface area contributed by atoms with Crippen molar-refractivity contribution >= 4 is 29.2 Å². The molecule has 178 valence electrons. The van der Waals surface area contributed by atoms with Crippen molar-refractivity contribution in [3.05, 3.63) is 77.3 Å². The maximum absolute atomic E-state index is 9.65. The van der Waals surface area contributed by atoms with Crippen molar-refractivity contribution in [2.45, 2.75) is 36.8 Å². The van der Waals surface area contributed by atoms with Crippen LogP contribution < -0.4 is 10.2 Å². The fraction of sp³-hybridized carbons (Fsp3) is 0.333. The summed E-state index contributed by atoms with van der Waals surface area (Å²) in [5, 5.41) is 10.3. The lowest BCUT2D eigenvalue weighted by molar-refractivity contribution is 0.0800. The van der Waals surface area contributed by atoms with Crippen LogP contribution in [-0.2, 0) is 6.54 Å². The molecule has 0 saturated carbocycles. The number of likely N-dealkylation sites (tertiary alicyclic amines) is 1. The molecule has 3 aromatic rings. The molecule has 0 unspecified atom stereocenters. The summed E-state index contributed by atoms with van der Waals surface area (Å²) in [5.41, 5.74) is 7.88. The summed E-state index contributed by atoms with van der Waals surface area (Å²) < 4.78 is 8.20. The van der Waals surface area contributed by atoms with E-state index in [0.717, 1.165) is 68.0 Å². The van der Waals surface area contributed by atoms with Crippen molar-refractivity contribution in [2.75, 3.05) is 31.7 Å². The highest BCUT2D eigenvalue weighted by Gasteiger charge is 2.20. The number of piperidine rings is 1. The van der Waals surface area contributed by atoms with Crippen molar-refractivity contribution in [3.63, 3.8) is 0 Å². The van der Waals surface area contributed by atoms with Crippen LogP contribution in [0.1, 0.15) is 24.8 Å². The van der Waals surface area contributed by atoms with Gasteiger partial charge < -0.3 is 20.2 Å². The van der Waals surface area contributed by atoms with Crippen LogP contribution in [0.3, 0.4) is 0 Å². The van der Waals surface area contributed by atoms with Gasteiger partial charge in [-0.2, -0.15) is 4.41 Å². The van der Waals surface area contributed by atoms with Gasteiger partial charge in [0.1, 0.15) is 5.75 Å². The van der Waals surface area contributed by atoms with E-state index in [1.54, 1.807) is 11.9 Å². The van der Waals surface area contributed by atoms with Crippen molar-refractivity contribution in [3.8, 4) is 16.9 Å². The number of aliphatic hydroxyl groups excluding tert-OH is 1. The molecule has 0 aliphatic carbocycles. The predicted octanol–water partition coefficient (Wildman–Crippen LogP) is 6.08.